The van der Waals surface area contributed by atoms with E-state index in [1.165, 1.54) is 10.7 Å². The number of hydrogen-bond acceptors (Lipinski definition) is 4. The van der Waals surface area contributed by atoms with Gasteiger partial charge in [0, 0.05) is 6.20 Å². The number of carbonyl (C=O) groups is 3. The normalized spacial score (nSPS) is 12.0. The topological polar surface area (TPSA) is 121 Å². The molecule has 3 N–H and O–H groups in total. The molecule has 2 rings (SSSR count). The first-order chi connectivity index (χ1) is 9.49. The smallest absolute Gasteiger partial charge is 0.326 e. The summed E-state index contributed by atoms with van der Waals surface area (Å²) >= 11 is 0. The summed E-state index contributed by atoms with van der Waals surface area (Å²) in [6.07, 6.45) is 2.24. The molecule has 0 fully saturated rings. The molecule has 0 radical (unpaired) electrons. The number of pyridine rings is 1. The van der Waals surface area contributed by atoms with Gasteiger partial charge in [0.1, 0.15) is 6.04 Å². The number of nitrogens with one attached hydrogen (secondary N) is 1. The maximum atomic E-state index is 12.0. The molecule has 0 spiro atoms. The summed E-state index contributed by atoms with van der Waals surface area (Å²) in [4.78, 5) is 33.5. The van der Waals surface area contributed by atoms with Crippen LogP contribution in [0.5, 0.6) is 0 Å². The van der Waals surface area contributed by atoms with Crippen LogP contribution in [0.25, 0.3) is 5.52 Å². The predicted octanol–water partition coefficient (Wildman–Crippen LogP) is -0.00800. The van der Waals surface area contributed by atoms with Crippen molar-refractivity contribution in [2.75, 3.05) is 0 Å². The molecular weight excluding hydrogens is 266 g/mol. The number of aromatic nitrogens is 2. The van der Waals surface area contributed by atoms with Crippen LogP contribution in [0.2, 0.25) is 0 Å². The minimum Gasteiger partial charge on any atom is -0.481 e. The Labute approximate surface area is 112 Å². The summed E-state index contributed by atoms with van der Waals surface area (Å²) < 4.78 is 1.46. The summed E-state index contributed by atoms with van der Waals surface area (Å²) in [6.45, 7) is 0. The SMILES string of the molecule is O=C(O)CC(NC(=O)c1cnn2ccccc12)C(=O)O. The summed E-state index contributed by atoms with van der Waals surface area (Å²) in [5.41, 5.74) is 0.687. The first-order valence-corrected chi connectivity index (χ1v) is 5.67. The zero-order chi connectivity index (χ0) is 14.7. The summed E-state index contributed by atoms with van der Waals surface area (Å²) in [5.74, 6) is -3.39. The van der Waals surface area contributed by atoms with Crippen LogP contribution in [0.4, 0.5) is 0 Å². The largest absolute Gasteiger partial charge is 0.481 e. The minimum absolute atomic E-state index is 0.183. The maximum absolute atomic E-state index is 12.0. The lowest BCUT2D eigenvalue weighted by Crippen LogP contribution is -2.42. The molecule has 0 aliphatic heterocycles. The number of amides is 1. The van der Waals surface area contributed by atoms with Gasteiger partial charge in [0.2, 0.25) is 0 Å². The van der Waals surface area contributed by atoms with E-state index < -0.39 is 30.3 Å². The van der Waals surface area contributed by atoms with Gasteiger partial charge in [0.15, 0.2) is 0 Å². The lowest BCUT2D eigenvalue weighted by Gasteiger charge is -2.11. The van der Waals surface area contributed by atoms with Crippen molar-refractivity contribution >= 4 is 23.4 Å². The molecule has 8 nitrogen and oxygen atoms in total. The molecule has 1 atom stereocenters. The van der Waals surface area contributed by atoms with Crippen molar-refractivity contribution < 1.29 is 24.6 Å². The van der Waals surface area contributed by atoms with Crippen LogP contribution in [-0.4, -0.2) is 43.7 Å². The van der Waals surface area contributed by atoms with E-state index in [9.17, 15) is 14.4 Å². The molecule has 0 aliphatic rings. The average molecular weight is 277 g/mol. The van der Waals surface area contributed by atoms with E-state index in [1.807, 2.05) is 0 Å². The van der Waals surface area contributed by atoms with Gasteiger partial charge in [0.05, 0.1) is 23.7 Å². The zero-order valence-corrected chi connectivity index (χ0v) is 10.2. The Morgan fingerprint density at radius 3 is 2.70 bits per heavy atom. The van der Waals surface area contributed by atoms with Gasteiger partial charge in [-0.2, -0.15) is 5.10 Å². The number of carboxylic acids is 2. The molecule has 1 amide bonds. The Kier molecular flexibility index (Phi) is 3.65. The maximum Gasteiger partial charge on any atom is 0.326 e. The fraction of sp³-hybridized carbons (Fsp3) is 0.167. The van der Waals surface area contributed by atoms with Gasteiger partial charge < -0.3 is 15.5 Å². The monoisotopic (exact) mass is 277 g/mol. The van der Waals surface area contributed by atoms with E-state index in [1.54, 1.807) is 24.4 Å². The second kappa shape index (κ2) is 5.39. The minimum atomic E-state index is -1.49. The molecule has 0 saturated heterocycles. The van der Waals surface area contributed by atoms with E-state index in [0.717, 1.165) is 0 Å². The van der Waals surface area contributed by atoms with Gasteiger partial charge in [-0.15, -0.1) is 0 Å². The molecule has 2 aromatic heterocycles. The van der Waals surface area contributed by atoms with E-state index in [0.29, 0.717) is 5.52 Å². The molecule has 0 aliphatic carbocycles. The van der Waals surface area contributed by atoms with Crippen molar-refractivity contribution in [1.29, 1.82) is 0 Å². The Balaban J connectivity index is 2.22. The van der Waals surface area contributed by atoms with Crippen LogP contribution in [0.1, 0.15) is 16.8 Å². The van der Waals surface area contributed by atoms with Crippen molar-refractivity contribution in [2.24, 2.45) is 0 Å². The molecule has 1 unspecified atom stereocenters. The number of aliphatic carboxylic acids is 2. The standard InChI is InChI=1S/C12H11N3O5/c16-10(17)5-8(12(19)20)14-11(18)7-6-13-15-4-2-1-3-9(7)15/h1-4,6,8H,5H2,(H,14,18)(H,16,17)(H,19,20). The van der Waals surface area contributed by atoms with Gasteiger partial charge in [-0.05, 0) is 12.1 Å². The summed E-state index contributed by atoms with van der Waals surface area (Å²) in [6, 6.07) is 3.60. The van der Waals surface area contributed by atoms with Gasteiger partial charge in [-0.3, -0.25) is 9.59 Å². The molecule has 2 aromatic rings. The van der Waals surface area contributed by atoms with Crippen molar-refractivity contribution in [2.45, 2.75) is 12.5 Å². The highest BCUT2D eigenvalue weighted by molar-refractivity contribution is 6.02. The van der Waals surface area contributed by atoms with Gasteiger partial charge in [0.25, 0.3) is 5.91 Å². The molecule has 20 heavy (non-hydrogen) atoms. The number of nitrogens with zero attached hydrogens (tertiary/aromatic N) is 2. The van der Waals surface area contributed by atoms with E-state index in [2.05, 4.69) is 10.4 Å². The van der Waals surface area contributed by atoms with Crippen LogP contribution >= 0.6 is 0 Å². The van der Waals surface area contributed by atoms with E-state index in [-0.39, 0.29) is 5.56 Å². The second-order valence-electron chi connectivity index (χ2n) is 4.05. The fourth-order valence-electron chi connectivity index (χ4n) is 1.72. The van der Waals surface area contributed by atoms with Gasteiger partial charge in [-0.1, -0.05) is 6.07 Å². The quantitative estimate of drug-likeness (QED) is 0.707. The van der Waals surface area contributed by atoms with E-state index in [4.69, 9.17) is 10.2 Å². The molecular formula is C12H11N3O5. The molecule has 0 saturated carbocycles. The molecule has 8 heteroatoms. The summed E-state index contributed by atoms with van der Waals surface area (Å²) in [5, 5.41) is 23.6. The highest BCUT2D eigenvalue weighted by Gasteiger charge is 2.24. The summed E-state index contributed by atoms with van der Waals surface area (Å²) in [7, 11) is 0. The second-order valence-corrected chi connectivity index (χ2v) is 4.05. The first kappa shape index (κ1) is 13.5. The predicted molar refractivity (Wildman–Crippen MR) is 66.3 cm³/mol. The number of rotatable bonds is 5. The number of carbonyl (C=O) groups excluding carboxylic acids is 1. The van der Waals surface area contributed by atoms with Crippen molar-refractivity contribution in [3.05, 3.63) is 36.2 Å². The highest BCUT2D eigenvalue weighted by atomic mass is 16.4. The molecule has 0 bridgehead atoms. The van der Waals surface area contributed by atoms with Crippen molar-refractivity contribution in [1.82, 2.24) is 14.9 Å². The Morgan fingerprint density at radius 1 is 1.30 bits per heavy atom. The molecule has 104 valence electrons. The van der Waals surface area contributed by atoms with Crippen molar-refractivity contribution in [3.63, 3.8) is 0 Å². The number of carboxylic acid groups (broad SMARTS) is 2. The van der Waals surface area contributed by atoms with Crippen LogP contribution in [0, 0.1) is 0 Å². The van der Waals surface area contributed by atoms with Gasteiger partial charge in [-0.25, -0.2) is 9.31 Å². The number of fused-ring (bicyclic) bond motifs is 1. The lowest BCUT2D eigenvalue weighted by molar-refractivity contribution is -0.145. The molecule has 2 heterocycles. The molecule has 0 aromatic carbocycles. The van der Waals surface area contributed by atoms with E-state index >= 15 is 0 Å². The van der Waals surface area contributed by atoms with Crippen LogP contribution in [0.15, 0.2) is 30.6 Å². The average Bonchev–Trinajstić information content (AvgIpc) is 2.81. The Bertz CT molecular complexity index is 679. The third kappa shape index (κ3) is 2.74. The Morgan fingerprint density at radius 2 is 2.05 bits per heavy atom. The van der Waals surface area contributed by atoms with Crippen molar-refractivity contribution in [3.8, 4) is 0 Å². The van der Waals surface area contributed by atoms with Crippen LogP contribution in [0.3, 0.4) is 0 Å². The Hall–Kier alpha value is -2.90. The highest BCUT2D eigenvalue weighted by Crippen LogP contribution is 2.10. The zero-order valence-electron chi connectivity index (χ0n) is 10.2. The third-order valence-corrected chi connectivity index (χ3v) is 2.65. The van der Waals surface area contributed by atoms with Crippen LogP contribution < -0.4 is 5.32 Å². The number of hydrogen-bond donors (Lipinski definition) is 3. The first-order valence-electron chi connectivity index (χ1n) is 5.67. The fourth-order valence-corrected chi connectivity index (χ4v) is 1.72. The third-order valence-electron chi connectivity index (χ3n) is 2.65. The van der Waals surface area contributed by atoms with Crippen LogP contribution in [-0.2, 0) is 9.59 Å². The lowest BCUT2D eigenvalue weighted by atomic mass is 10.2. The van der Waals surface area contributed by atoms with Gasteiger partial charge >= 0.3 is 11.9 Å².